The molecule has 1 N–H and O–H groups in total. The van der Waals surface area contributed by atoms with Gasteiger partial charge in [0.1, 0.15) is 17.3 Å². The van der Waals surface area contributed by atoms with Crippen molar-refractivity contribution in [3.05, 3.63) is 66.3 Å². The van der Waals surface area contributed by atoms with E-state index in [1.165, 1.54) is 12.1 Å². The number of hydrogen-bond acceptors (Lipinski definition) is 7. The molecule has 0 aliphatic rings. The minimum Gasteiger partial charge on any atom is -0.455 e. The lowest BCUT2D eigenvalue weighted by Crippen LogP contribution is -2.31. The molecule has 0 atom stereocenters. The van der Waals surface area contributed by atoms with E-state index in [2.05, 4.69) is 10.2 Å². The van der Waals surface area contributed by atoms with E-state index >= 15 is 0 Å². The highest BCUT2D eigenvalue weighted by molar-refractivity contribution is 7.89. The summed E-state index contributed by atoms with van der Waals surface area (Å²) in [4.78, 5) is 11.2. The molecule has 0 fully saturated rings. The fourth-order valence-corrected chi connectivity index (χ4v) is 3.14. The van der Waals surface area contributed by atoms with Gasteiger partial charge in [-0.1, -0.05) is 30.3 Å². The molecule has 1 heterocycles. The average molecular weight is 391 g/mol. The van der Waals surface area contributed by atoms with E-state index in [1.54, 1.807) is 24.3 Å². The summed E-state index contributed by atoms with van der Waals surface area (Å²) in [5.74, 6) is -1.48. The number of benzene rings is 2. The second-order valence-electron chi connectivity index (χ2n) is 5.28. The Morgan fingerprint density at radius 1 is 1.07 bits per heavy atom. The monoisotopic (exact) mass is 391 g/mol. The molecule has 0 bridgehead atoms. The third-order valence-electron chi connectivity index (χ3n) is 3.38. The van der Waals surface area contributed by atoms with Gasteiger partial charge in [0.25, 0.3) is 5.89 Å². The highest BCUT2D eigenvalue weighted by atomic mass is 32.2. The molecule has 0 saturated carbocycles. The molecule has 0 aliphatic heterocycles. The number of nitrogens with one attached hydrogen (secondary N) is 1. The Balaban J connectivity index is 1.53. The highest BCUT2D eigenvalue weighted by Crippen LogP contribution is 2.17. The van der Waals surface area contributed by atoms with E-state index in [0.717, 1.165) is 12.1 Å². The molecule has 1 aromatic heterocycles. The van der Waals surface area contributed by atoms with Crippen LogP contribution in [0.15, 0.2) is 63.9 Å². The summed E-state index contributed by atoms with van der Waals surface area (Å²) >= 11 is 0. The lowest BCUT2D eigenvalue weighted by Gasteiger charge is -2.07. The molecule has 0 amide bonds. The Morgan fingerprint density at radius 3 is 2.52 bits per heavy atom. The van der Waals surface area contributed by atoms with Crippen molar-refractivity contribution in [2.45, 2.75) is 11.5 Å². The fourth-order valence-electron chi connectivity index (χ4n) is 2.10. The van der Waals surface area contributed by atoms with E-state index in [4.69, 9.17) is 9.15 Å². The molecule has 2 aromatic carbocycles. The lowest BCUT2D eigenvalue weighted by atomic mass is 10.2. The minimum absolute atomic E-state index is 0.0548. The van der Waals surface area contributed by atoms with Crippen LogP contribution in [0.5, 0.6) is 0 Å². The number of sulfonamides is 1. The van der Waals surface area contributed by atoms with Gasteiger partial charge in [0.2, 0.25) is 15.9 Å². The van der Waals surface area contributed by atoms with Gasteiger partial charge in [-0.05, 0) is 24.3 Å². The van der Waals surface area contributed by atoms with Crippen LogP contribution >= 0.6 is 0 Å². The van der Waals surface area contributed by atoms with Gasteiger partial charge >= 0.3 is 5.97 Å². The standard InChI is InChI=1S/C17H14FN3O5S/c18-13-8-4-5-9-14(13)27(23,24)19-10-16(22)25-11-15-20-21-17(26-15)12-6-2-1-3-7-12/h1-9,19H,10-11H2. The number of aromatic nitrogens is 2. The van der Waals surface area contributed by atoms with Gasteiger partial charge in [-0.25, -0.2) is 12.8 Å². The van der Waals surface area contributed by atoms with Crippen molar-refractivity contribution in [2.24, 2.45) is 0 Å². The van der Waals surface area contributed by atoms with Crippen molar-refractivity contribution in [3.8, 4) is 11.5 Å². The lowest BCUT2D eigenvalue weighted by molar-refractivity contribution is -0.144. The molecule has 3 aromatic rings. The fraction of sp³-hybridized carbons (Fsp3) is 0.118. The van der Waals surface area contributed by atoms with Crippen LogP contribution in [0.1, 0.15) is 5.89 Å². The number of halogens is 1. The van der Waals surface area contributed by atoms with Crippen molar-refractivity contribution < 1.29 is 26.8 Å². The highest BCUT2D eigenvalue weighted by Gasteiger charge is 2.20. The Morgan fingerprint density at radius 2 is 1.78 bits per heavy atom. The van der Waals surface area contributed by atoms with E-state index in [0.29, 0.717) is 5.56 Å². The number of carbonyl (C=O) groups excluding carboxylic acids is 1. The van der Waals surface area contributed by atoms with Crippen LogP contribution in [0.2, 0.25) is 0 Å². The summed E-state index contributed by atoms with van der Waals surface area (Å²) in [6.45, 7) is -0.990. The van der Waals surface area contributed by atoms with Crippen molar-refractivity contribution in [3.63, 3.8) is 0 Å². The van der Waals surface area contributed by atoms with Gasteiger partial charge in [-0.2, -0.15) is 4.72 Å². The summed E-state index contributed by atoms with van der Waals surface area (Å²) in [6.07, 6.45) is 0. The van der Waals surface area contributed by atoms with Crippen LogP contribution in [-0.2, 0) is 26.2 Å². The number of esters is 1. The largest absolute Gasteiger partial charge is 0.455 e. The molecule has 0 spiro atoms. The maximum atomic E-state index is 13.6. The number of hydrogen-bond donors (Lipinski definition) is 1. The molecule has 27 heavy (non-hydrogen) atoms. The first-order valence-electron chi connectivity index (χ1n) is 7.73. The van der Waals surface area contributed by atoms with Gasteiger partial charge in [-0.3, -0.25) is 4.79 Å². The van der Waals surface area contributed by atoms with Crippen LogP contribution in [0.3, 0.4) is 0 Å². The number of carbonyl (C=O) groups is 1. The molecule has 10 heteroatoms. The van der Waals surface area contributed by atoms with E-state index < -0.39 is 33.3 Å². The first-order valence-corrected chi connectivity index (χ1v) is 9.21. The number of rotatable bonds is 7. The SMILES string of the molecule is O=C(CNS(=O)(=O)c1ccccc1F)OCc1nnc(-c2ccccc2)o1. The summed E-state index contributed by atoms with van der Waals surface area (Å²) in [6, 6.07) is 13.8. The summed E-state index contributed by atoms with van der Waals surface area (Å²) < 4.78 is 49.8. The maximum absolute atomic E-state index is 13.6. The third kappa shape index (κ3) is 4.74. The van der Waals surface area contributed by atoms with Gasteiger partial charge in [-0.15, -0.1) is 10.2 Å². The molecule has 0 saturated heterocycles. The quantitative estimate of drug-likeness (QED) is 0.612. The first-order chi connectivity index (χ1) is 13.0. The Kier molecular flexibility index (Phi) is 5.57. The van der Waals surface area contributed by atoms with E-state index in [1.807, 2.05) is 10.8 Å². The van der Waals surface area contributed by atoms with Crippen LogP contribution < -0.4 is 4.72 Å². The topological polar surface area (TPSA) is 111 Å². The van der Waals surface area contributed by atoms with Crippen molar-refractivity contribution in [2.75, 3.05) is 6.54 Å². The second-order valence-corrected chi connectivity index (χ2v) is 7.02. The molecule has 3 rings (SSSR count). The first kappa shape index (κ1) is 18.7. The normalized spacial score (nSPS) is 11.3. The van der Waals surface area contributed by atoms with Crippen LogP contribution in [0.25, 0.3) is 11.5 Å². The van der Waals surface area contributed by atoms with Crippen molar-refractivity contribution in [1.82, 2.24) is 14.9 Å². The zero-order valence-electron chi connectivity index (χ0n) is 13.8. The smallest absolute Gasteiger partial charge is 0.321 e. The molecule has 8 nitrogen and oxygen atoms in total. The zero-order chi connectivity index (χ0) is 19.3. The predicted octanol–water partition coefficient (Wildman–Crippen LogP) is 1.90. The van der Waals surface area contributed by atoms with E-state index in [-0.39, 0.29) is 18.4 Å². The summed E-state index contributed by atoms with van der Waals surface area (Å²) in [5, 5.41) is 7.59. The van der Waals surface area contributed by atoms with Gasteiger partial charge in [0, 0.05) is 5.56 Å². The number of ether oxygens (including phenoxy) is 1. The molecule has 140 valence electrons. The summed E-state index contributed by atoms with van der Waals surface area (Å²) in [7, 11) is -4.18. The second kappa shape index (κ2) is 8.06. The van der Waals surface area contributed by atoms with Crippen molar-refractivity contribution in [1.29, 1.82) is 0 Å². The Hall–Kier alpha value is -3.11. The molecule has 0 aliphatic carbocycles. The van der Waals surface area contributed by atoms with E-state index in [9.17, 15) is 17.6 Å². The molecule has 0 radical (unpaired) electrons. The minimum atomic E-state index is -4.18. The Labute approximate surface area is 154 Å². The maximum Gasteiger partial charge on any atom is 0.321 e. The average Bonchev–Trinajstić information content (AvgIpc) is 3.15. The predicted molar refractivity (Wildman–Crippen MR) is 91.1 cm³/mol. The van der Waals surface area contributed by atoms with Crippen LogP contribution in [0, 0.1) is 5.82 Å². The van der Waals surface area contributed by atoms with Crippen LogP contribution in [-0.4, -0.2) is 31.1 Å². The zero-order valence-corrected chi connectivity index (χ0v) is 14.6. The molecular weight excluding hydrogens is 377 g/mol. The van der Waals surface area contributed by atoms with Gasteiger partial charge in [0.15, 0.2) is 6.61 Å². The molecule has 0 unspecified atom stereocenters. The Bertz CT molecular complexity index is 1040. The van der Waals surface area contributed by atoms with Gasteiger partial charge in [0.05, 0.1) is 0 Å². The third-order valence-corrected chi connectivity index (χ3v) is 4.81. The summed E-state index contributed by atoms with van der Waals surface area (Å²) in [5.41, 5.74) is 0.709. The van der Waals surface area contributed by atoms with Crippen LogP contribution in [0.4, 0.5) is 4.39 Å². The van der Waals surface area contributed by atoms with Gasteiger partial charge < -0.3 is 9.15 Å². The molecular formula is C17H14FN3O5S. The van der Waals surface area contributed by atoms with Crippen molar-refractivity contribution >= 4 is 16.0 Å². The number of nitrogens with zero attached hydrogens (tertiary/aromatic N) is 2.